The number of nitrogens with zero attached hydrogens (tertiary/aromatic N) is 2. The van der Waals surface area contributed by atoms with Crippen molar-refractivity contribution >= 4 is 34.7 Å². The lowest BCUT2D eigenvalue weighted by Crippen LogP contribution is -2.45. The van der Waals surface area contributed by atoms with Crippen LogP contribution in [0.4, 0.5) is 11.4 Å². The highest BCUT2D eigenvalue weighted by Crippen LogP contribution is 2.36. The van der Waals surface area contributed by atoms with E-state index in [1.165, 1.54) is 6.07 Å². The standard InChI is InChI=1S/C12H15ClN2O2S/c1-8-9(2)18-6-5-14(8)11-4-3-10(13)7-12(11)15(16)17/h3-4,7-9H,5-6H2,1-2H3. The van der Waals surface area contributed by atoms with Gasteiger partial charge in [0.15, 0.2) is 0 Å². The zero-order valence-corrected chi connectivity index (χ0v) is 11.9. The normalized spacial score (nSPS) is 24.1. The zero-order valence-electron chi connectivity index (χ0n) is 10.3. The van der Waals surface area contributed by atoms with Gasteiger partial charge in [0.05, 0.1) is 4.92 Å². The number of nitro benzene ring substituents is 1. The molecule has 1 heterocycles. The van der Waals surface area contributed by atoms with E-state index in [9.17, 15) is 10.1 Å². The Balaban J connectivity index is 2.40. The van der Waals surface area contributed by atoms with E-state index >= 15 is 0 Å². The molecule has 1 fully saturated rings. The molecule has 4 nitrogen and oxygen atoms in total. The van der Waals surface area contributed by atoms with Crippen LogP contribution in [0, 0.1) is 10.1 Å². The maximum absolute atomic E-state index is 11.1. The van der Waals surface area contributed by atoms with Crippen LogP contribution in [-0.4, -0.2) is 28.5 Å². The predicted molar refractivity (Wildman–Crippen MR) is 76.8 cm³/mol. The molecule has 0 saturated carbocycles. The van der Waals surface area contributed by atoms with Crippen molar-refractivity contribution in [1.29, 1.82) is 0 Å². The minimum atomic E-state index is -0.361. The summed E-state index contributed by atoms with van der Waals surface area (Å²) >= 11 is 7.74. The third kappa shape index (κ3) is 2.57. The first-order valence-corrected chi connectivity index (χ1v) is 7.25. The number of nitro groups is 1. The maximum Gasteiger partial charge on any atom is 0.294 e. The molecule has 0 N–H and O–H groups in total. The lowest BCUT2D eigenvalue weighted by atomic mass is 10.1. The maximum atomic E-state index is 11.1. The summed E-state index contributed by atoms with van der Waals surface area (Å²) in [7, 11) is 0. The molecular formula is C12H15ClN2O2S. The number of anilines is 1. The Morgan fingerprint density at radius 1 is 1.50 bits per heavy atom. The fraction of sp³-hybridized carbons (Fsp3) is 0.500. The molecule has 2 unspecified atom stereocenters. The summed E-state index contributed by atoms with van der Waals surface area (Å²) in [5, 5.41) is 12.0. The molecule has 0 aliphatic carbocycles. The molecule has 0 aromatic heterocycles. The molecule has 1 saturated heterocycles. The van der Waals surface area contributed by atoms with Crippen molar-refractivity contribution < 1.29 is 4.92 Å². The van der Waals surface area contributed by atoms with Gasteiger partial charge in [-0.3, -0.25) is 10.1 Å². The Morgan fingerprint density at radius 3 is 2.89 bits per heavy atom. The number of hydrogen-bond acceptors (Lipinski definition) is 4. The van der Waals surface area contributed by atoms with E-state index in [-0.39, 0.29) is 16.7 Å². The van der Waals surface area contributed by atoms with Crippen LogP contribution in [0.15, 0.2) is 18.2 Å². The molecule has 0 bridgehead atoms. The number of hydrogen-bond donors (Lipinski definition) is 0. The van der Waals surface area contributed by atoms with Gasteiger partial charge in [-0.1, -0.05) is 18.5 Å². The summed E-state index contributed by atoms with van der Waals surface area (Å²) in [5.41, 5.74) is 0.762. The van der Waals surface area contributed by atoms with E-state index in [0.717, 1.165) is 12.3 Å². The van der Waals surface area contributed by atoms with Crippen LogP contribution >= 0.6 is 23.4 Å². The summed E-state index contributed by atoms with van der Waals surface area (Å²) in [5.74, 6) is 0.991. The van der Waals surface area contributed by atoms with Crippen LogP contribution < -0.4 is 4.90 Å². The Kier molecular flexibility index (Phi) is 4.02. The van der Waals surface area contributed by atoms with Crippen LogP contribution in [0.1, 0.15) is 13.8 Å². The first kappa shape index (κ1) is 13.5. The first-order chi connectivity index (χ1) is 8.50. The second-order valence-electron chi connectivity index (χ2n) is 4.40. The largest absolute Gasteiger partial charge is 0.361 e. The highest BCUT2D eigenvalue weighted by atomic mass is 35.5. The Labute approximate surface area is 115 Å². The Bertz CT molecular complexity index is 469. The number of benzene rings is 1. The second kappa shape index (κ2) is 5.36. The average Bonchev–Trinajstić information content (AvgIpc) is 2.33. The SMILES string of the molecule is CC1SCCN(c2ccc(Cl)cc2[N+](=O)[O-])C1C. The van der Waals surface area contributed by atoms with E-state index in [0.29, 0.717) is 16.0 Å². The fourth-order valence-electron chi connectivity index (χ4n) is 2.16. The first-order valence-electron chi connectivity index (χ1n) is 5.83. The number of rotatable bonds is 2. The van der Waals surface area contributed by atoms with Gasteiger partial charge in [-0.2, -0.15) is 11.8 Å². The van der Waals surface area contributed by atoms with Gasteiger partial charge in [0.1, 0.15) is 5.69 Å². The van der Waals surface area contributed by atoms with Crippen LogP contribution in [-0.2, 0) is 0 Å². The van der Waals surface area contributed by atoms with Gasteiger partial charge in [-0.05, 0) is 19.1 Å². The lowest BCUT2D eigenvalue weighted by molar-refractivity contribution is -0.384. The fourth-order valence-corrected chi connectivity index (χ4v) is 3.42. The Morgan fingerprint density at radius 2 is 2.22 bits per heavy atom. The smallest absolute Gasteiger partial charge is 0.294 e. The molecule has 0 radical (unpaired) electrons. The summed E-state index contributed by atoms with van der Waals surface area (Å²) in [6.45, 7) is 5.09. The number of halogens is 1. The quantitative estimate of drug-likeness (QED) is 0.616. The lowest BCUT2D eigenvalue weighted by Gasteiger charge is -2.38. The van der Waals surface area contributed by atoms with Gasteiger partial charge in [0.2, 0.25) is 0 Å². The van der Waals surface area contributed by atoms with Crippen LogP contribution in [0.25, 0.3) is 0 Å². The van der Waals surface area contributed by atoms with Gasteiger partial charge in [0, 0.05) is 34.7 Å². The summed E-state index contributed by atoms with van der Waals surface area (Å²) in [6, 6.07) is 5.17. The van der Waals surface area contributed by atoms with Crippen LogP contribution in [0.3, 0.4) is 0 Å². The minimum Gasteiger partial charge on any atom is -0.361 e. The summed E-state index contributed by atoms with van der Waals surface area (Å²) < 4.78 is 0. The molecule has 2 rings (SSSR count). The van der Waals surface area contributed by atoms with E-state index in [2.05, 4.69) is 18.7 Å². The molecule has 1 aliphatic rings. The molecule has 98 valence electrons. The predicted octanol–water partition coefficient (Wildman–Crippen LogP) is 3.58. The van der Waals surface area contributed by atoms with E-state index in [4.69, 9.17) is 11.6 Å². The monoisotopic (exact) mass is 286 g/mol. The van der Waals surface area contributed by atoms with Crippen molar-refractivity contribution in [2.45, 2.75) is 25.1 Å². The summed E-state index contributed by atoms with van der Waals surface area (Å²) in [4.78, 5) is 12.9. The molecule has 18 heavy (non-hydrogen) atoms. The molecule has 1 aliphatic heterocycles. The van der Waals surface area contributed by atoms with Crippen LogP contribution in [0.2, 0.25) is 5.02 Å². The minimum absolute atomic E-state index is 0.0912. The van der Waals surface area contributed by atoms with E-state index in [1.807, 2.05) is 11.8 Å². The van der Waals surface area contributed by atoms with Crippen molar-refractivity contribution in [1.82, 2.24) is 0 Å². The van der Waals surface area contributed by atoms with Crippen molar-refractivity contribution in [3.63, 3.8) is 0 Å². The van der Waals surface area contributed by atoms with Crippen molar-refractivity contribution in [3.05, 3.63) is 33.3 Å². The van der Waals surface area contributed by atoms with E-state index in [1.54, 1.807) is 12.1 Å². The zero-order chi connectivity index (χ0) is 13.3. The molecule has 1 aromatic rings. The second-order valence-corrected chi connectivity index (χ2v) is 6.32. The molecule has 0 spiro atoms. The molecule has 1 aromatic carbocycles. The Hall–Kier alpha value is -0.940. The number of thioether (sulfide) groups is 1. The highest BCUT2D eigenvalue weighted by molar-refractivity contribution is 8.00. The third-order valence-electron chi connectivity index (χ3n) is 3.33. The highest BCUT2D eigenvalue weighted by Gasteiger charge is 2.29. The van der Waals surface area contributed by atoms with Crippen molar-refractivity contribution in [2.75, 3.05) is 17.2 Å². The van der Waals surface area contributed by atoms with Crippen molar-refractivity contribution in [3.8, 4) is 0 Å². The molecule has 2 atom stereocenters. The van der Waals surface area contributed by atoms with Gasteiger partial charge in [0.25, 0.3) is 5.69 Å². The average molecular weight is 287 g/mol. The van der Waals surface area contributed by atoms with Gasteiger partial charge < -0.3 is 4.90 Å². The van der Waals surface area contributed by atoms with E-state index < -0.39 is 0 Å². The summed E-state index contributed by atoms with van der Waals surface area (Å²) in [6.07, 6.45) is 0. The molecule has 6 heteroatoms. The third-order valence-corrected chi connectivity index (χ3v) is 4.90. The van der Waals surface area contributed by atoms with Gasteiger partial charge in [-0.15, -0.1) is 0 Å². The van der Waals surface area contributed by atoms with Crippen molar-refractivity contribution in [2.24, 2.45) is 0 Å². The topological polar surface area (TPSA) is 46.4 Å². The van der Waals surface area contributed by atoms with Gasteiger partial charge >= 0.3 is 0 Å². The molecular weight excluding hydrogens is 272 g/mol. The van der Waals surface area contributed by atoms with Gasteiger partial charge in [-0.25, -0.2) is 0 Å². The molecule has 0 amide bonds. The van der Waals surface area contributed by atoms with Crippen LogP contribution in [0.5, 0.6) is 0 Å².